The van der Waals surface area contributed by atoms with Crippen LogP contribution in [0.2, 0.25) is 0 Å². The highest BCUT2D eigenvalue weighted by Crippen LogP contribution is 2.19. The number of imidazole rings is 2. The normalized spacial score (nSPS) is 12.7. The van der Waals surface area contributed by atoms with Crippen LogP contribution in [0.15, 0.2) is 24.9 Å². The van der Waals surface area contributed by atoms with E-state index in [0.717, 1.165) is 5.82 Å². The van der Waals surface area contributed by atoms with Gasteiger partial charge >= 0.3 is 0 Å². The van der Waals surface area contributed by atoms with Crippen molar-refractivity contribution in [3.05, 3.63) is 36.4 Å². The van der Waals surface area contributed by atoms with E-state index in [9.17, 15) is 4.79 Å². The van der Waals surface area contributed by atoms with E-state index in [1.54, 1.807) is 6.20 Å². The van der Waals surface area contributed by atoms with E-state index in [1.807, 2.05) is 31.7 Å². The molecule has 0 spiro atoms. The molecule has 0 saturated heterocycles. The van der Waals surface area contributed by atoms with Crippen molar-refractivity contribution in [2.45, 2.75) is 19.9 Å². The monoisotopic (exact) mass is 247 g/mol. The number of hydrogen-bond donors (Lipinski definition) is 2. The van der Waals surface area contributed by atoms with Crippen LogP contribution in [0.5, 0.6) is 0 Å². The summed E-state index contributed by atoms with van der Waals surface area (Å²) in [5.74, 6) is 0.921. The fraction of sp³-hybridized carbons (Fsp3) is 0.417. The molecule has 2 rings (SSSR count). The van der Waals surface area contributed by atoms with Gasteiger partial charge < -0.3 is 14.9 Å². The van der Waals surface area contributed by atoms with Crippen LogP contribution < -0.4 is 5.32 Å². The van der Waals surface area contributed by atoms with E-state index in [1.165, 1.54) is 12.5 Å². The van der Waals surface area contributed by atoms with Gasteiger partial charge in [-0.05, 0) is 5.92 Å². The topological polar surface area (TPSA) is 75.6 Å². The van der Waals surface area contributed by atoms with E-state index in [2.05, 4.69) is 20.3 Å². The molecular formula is C12H17N5O. The molecule has 2 aromatic heterocycles. The molecule has 0 aliphatic rings. The number of nitrogens with one attached hydrogen (secondary N) is 2. The van der Waals surface area contributed by atoms with Crippen molar-refractivity contribution in [3.63, 3.8) is 0 Å². The summed E-state index contributed by atoms with van der Waals surface area (Å²) in [4.78, 5) is 22.9. The smallest absolute Gasteiger partial charge is 0.269 e. The van der Waals surface area contributed by atoms with Gasteiger partial charge in [0.25, 0.3) is 5.91 Å². The number of rotatable bonds is 4. The number of carbonyl (C=O) groups is 1. The minimum Gasteiger partial charge on any atom is -0.341 e. The Morgan fingerprint density at radius 1 is 1.50 bits per heavy atom. The third-order valence-electron chi connectivity index (χ3n) is 2.83. The highest BCUT2D eigenvalue weighted by Gasteiger charge is 2.22. The summed E-state index contributed by atoms with van der Waals surface area (Å²) in [7, 11) is 1.92. The van der Waals surface area contributed by atoms with Crippen LogP contribution in [-0.2, 0) is 7.05 Å². The second kappa shape index (κ2) is 5.03. The van der Waals surface area contributed by atoms with Crippen LogP contribution in [0.1, 0.15) is 36.2 Å². The Morgan fingerprint density at radius 3 is 2.78 bits per heavy atom. The molecule has 2 N–H and O–H groups in total. The van der Waals surface area contributed by atoms with Crippen molar-refractivity contribution in [3.8, 4) is 0 Å². The molecule has 2 aromatic rings. The van der Waals surface area contributed by atoms with E-state index >= 15 is 0 Å². The number of aryl methyl sites for hydroxylation is 1. The van der Waals surface area contributed by atoms with Crippen LogP contribution in [0, 0.1) is 5.92 Å². The summed E-state index contributed by atoms with van der Waals surface area (Å²) in [6.45, 7) is 4.10. The Labute approximate surface area is 105 Å². The molecular weight excluding hydrogens is 230 g/mol. The van der Waals surface area contributed by atoms with Crippen LogP contribution in [0.25, 0.3) is 0 Å². The molecule has 6 nitrogen and oxygen atoms in total. The average Bonchev–Trinajstić information content (AvgIpc) is 2.96. The van der Waals surface area contributed by atoms with E-state index in [-0.39, 0.29) is 17.9 Å². The first-order valence-electron chi connectivity index (χ1n) is 5.86. The van der Waals surface area contributed by atoms with Crippen LogP contribution in [-0.4, -0.2) is 25.4 Å². The van der Waals surface area contributed by atoms with Crippen LogP contribution in [0.4, 0.5) is 0 Å². The zero-order valence-corrected chi connectivity index (χ0v) is 10.7. The molecule has 18 heavy (non-hydrogen) atoms. The van der Waals surface area contributed by atoms with Gasteiger partial charge in [0, 0.05) is 19.4 Å². The maximum Gasteiger partial charge on any atom is 0.269 e. The predicted molar refractivity (Wildman–Crippen MR) is 66.8 cm³/mol. The lowest BCUT2D eigenvalue weighted by Gasteiger charge is -2.21. The van der Waals surface area contributed by atoms with Gasteiger partial charge in [-0.3, -0.25) is 4.79 Å². The molecule has 0 aliphatic carbocycles. The lowest BCUT2D eigenvalue weighted by atomic mass is 10.0. The Kier molecular flexibility index (Phi) is 3.45. The highest BCUT2D eigenvalue weighted by molar-refractivity contribution is 5.92. The summed E-state index contributed by atoms with van der Waals surface area (Å²) >= 11 is 0. The second-order valence-corrected chi connectivity index (χ2v) is 4.56. The van der Waals surface area contributed by atoms with Gasteiger partial charge in [0.05, 0.1) is 18.6 Å². The average molecular weight is 247 g/mol. The predicted octanol–water partition coefficient (Wildman–Crippen LogP) is 1.27. The quantitative estimate of drug-likeness (QED) is 0.854. The molecule has 0 saturated carbocycles. The van der Waals surface area contributed by atoms with Gasteiger partial charge in [-0.1, -0.05) is 13.8 Å². The molecule has 1 unspecified atom stereocenters. The molecule has 2 heterocycles. The summed E-state index contributed by atoms with van der Waals surface area (Å²) in [5, 5.41) is 2.97. The van der Waals surface area contributed by atoms with Gasteiger partial charge in [0.15, 0.2) is 0 Å². The number of amides is 1. The van der Waals surface area contributed by atoms with Crippen molar-refractivity contribution >= 4 is 5.91 Å². The lowest BCUT2D eigenvalue weighted by Crippen LogP contribution is -2.33. The van der Waals surface area contributed by atoms with E-state index < -0.39 is 0 Å². The molecule has 0 aliphatic heterocycles. The second-order valence-electron chi connectivity index (χ2n) is 4.56. The molecule has 1 amide bonds. The molecule has 0 bridgehead atoms. The van der Waals surface area contributed by atoms with Gasteiger partial charge in [0.2, 0.25) is 0 Å². The minimum absolute atomic E-state index is 0.124. The number of aromatic nitrogens is 4. The van der Waals surface area contributed by atoms with Crippen molar-refractivity contribution in [1.29, 1.82) is 0 Å². The molecule has 1 atom stereocenters. The largest absolute Gasteiger partial charge is 0.341 e. The maximum absolute atomic E-state index is 12.0. The Hall–Kier alpha value is -2.11. The molecule has 0 fully saturated rings. The molecule has 6 heteroatoms. The first-order valence-corrected chi connectivity index (χ1v) is 5.86. The number of carbonyl (C=O) groups excluding carboxylic acids is 1. The molecule has 96 valence electrons. The summed E-state index contributed by atoms with van der Waals surface area (Å²) in [6.07, 6.45) is 6.59. The first-order chi connectivity index (χ1) is 8.59. The van der Waals surface area contributed by atoms with Gasteiger partial charge in [-0.2, -0.15) is 0 Å². The van der Waals surface area contributed by atoms with Gasteiger partial charge in [0.1, 0.15) is 11.5 Å². The SMILES string of the molecule is CC(C)C(NC(=O)c1cnc[nH]1)c1nccn1C. The number of nitrogens with zero attached hydrogens (tertiary/aromatic N) is 3. The standard InChI is InChI=1S/C12H17N5O/c1-8(2)10(11-14-4-5-17(11)3)16-12(18)9-6-13-7-15-9/h4-8,10H,1-3H3,(H,13,15)(H,16,18). The highest BCUT2D eigenvalue weighted by atomic mass is 16.2. The first kappa shape index (κ1) is 12.3. The summed E-state index contributed by atoms with van der Waals surface area (Å²) in [6, 6.07) is -0.124. The minimum atomic E-state index is -0.172. The van der Waals surface area contributed by atoms with Crippen molar-refractivity contribution in [2.75, 3.05) is 0 Å². The lowest BCUT2D eigenvalue weighted by molar-refractivity contribution is 0.0918. The maximum atomic E-state index is 12.0. The van der Waals surface area contributed by atoms with Crippen LogP contribution >= 0.6 is 0 Å². The number of hydrogen-bond acceptors (Lipinski definition) is 3. The van der Waals surface area contributed by atoms with E-state index in [0.29, 0.717) is 5.69 Å². The van der Waals surface area contributed by atoms with Crippen molar-refractivity contribution in [2.24, 2.45) is 13.0 Å². The fourth-order valence-electron chi connectivity index (χ4n) is 1.81. The van der Waals surface area contributed by atoms with Gasteiger partial charge in [-0.15, -0.1) is 0 Å². The Morgan fingerprint density at radius 2 is 2.28 bits per heavy atom. The fourth-order valence-corrected chi connectivity index (χ4v) is 1.81. The summed E-state index contributed by atoms with van der Waals surface area (Å²) < 4.78 is 1.91. The van der Waals surface area contributed by atoms with Crippen molar-refractivity contribution in [1.82, 2.24) is 24.8 Å². The number of H-pyrrole nitrogens is 1. The van der Waals surface area contributed by atoms with Crippen LogP contribution in [0.3, 0.4) is 0 Å². The number of aromatic amines is 1. The van der Waals surface area contributed by atoms with E-state index in [4.69, 9.17) is 0 Å². The molecule has 0 radical (unpaired) electrons. The third kappa shape index (κ3) is 2.42. The zero-order chi connectivity index (χ0) is 13.1. The zero-order valence-electron chi connectivity index (χ0n) is 10.7. The third-order valence-corrected chi connectivity index (χ3v) is 2.83. The summed E-state index contributed by atoms with van der Waals surface area (Å²) in [5.41, 5.74) is 0.454. The molecule has 0 aromatic carbocycles. The Balaban J connectivity index is 2.18. The van der Waals surface area contributed by atoms with Crippen molar-refractivity contribution < 1.29 is 4.79 Å². The Bertz CT molecular complexity index is 514. The van der Waals surface area contributed by atoms with Gasteiger partial charge in [-0.25, -0.2) is 9.97 Å².